The summed E-state index contributed by atoms with van der Waals surface area (Å²) in [6.45, 7) is 0.943. The first-order valence-corrected chi connectivity index (χ1v) is 7.31. The van der Waals surface area contributed by atoms with E-state index in [4.69, 9.17) is 9.56 Å². The van der Waals surface area contributed by atoms with E-state index in [9.17, 15) is 13.2 Å². The standard InChI is InChI=1S/C10H15N3O4S/c11-18(15,16)6-8-3-10(14)13(5-8)2-1-9-4-12-7-17-9/h4,7-8H,1-3,5-6H2,(H2,11,15,16). The molecule has 1 aliphatic rings. The predicted molar refractivity (Wildman–Crippen MR) is 62.9 cm³/mol. The first kappa shape index (κ1) is 13.0. The molecule has 1 fully saturated rings. The Bertz CT molecular complexity index is 511. The third kappa shape index (κ3) is 3.54. The molecule has 1 atom stereocenters. The first-order chi connectivity index (χ1) is 8.44. The fourth-order valence-electron chi connectivity index (χ4n) is 2.12. The van der Waals surface area contributed by atoms with Crippen LogP contribution in [0.3, 0.4) is 0 Å². The second kappa shape index (κ2) is 5.07. The number of aromatic nitrogens is 1. The molecule has 0 saturated carbocycles. The van der Waals surface area contributed by atoms with Crippen LogP contribution in [-0.4, -0.2) is 43.1 Å². The van der Waals surface area contributed by atoms with Crippen LogP contribution in [0.2, 0.25) is 0 Å². The SMILES string of the molecule is NS(=O)(=O)CC1CC(=O)N(CCc2cnco2)C1. The van der Waals surface area contributed by atoms with Crippen molar-refractivity contribution >= 4 is 15.9 Å². The first-order valence-electron chi connectivity index (χ1n) is 5.59. The van der Waals surface area contributed by atoms with Gasteiger partial charge in [0.1, 0.15) is 5.76 Å². The zero-order valence-electron chi connectivity index (χ0n) is 9.78. The number of carbonyl (C=O) groups is 1. The Labute approximate surface area is 105 Å². The van der Waals surface area contributed by atoms with Crippen molar-refractivity contribution in [1.82, 2.24) is 9.88 Å². The number of nitrogens with zero attached hydrogens (tertiary/aromatic N) is 2. The fraction of sp³-hybridized carbons (Fsp3) is 0.600. The third-order valence-electron chi connectivity index (χ3n) is 2.87. The summed E-state index contributed by atoms with van der Waals surface area (Å²) in [5.74, 6) is 0.320. The summed E-state index contributed by atoms with van der Waals surface area (Å²) in [6, 6.07) is 0. The fourth-order valence-corrected chi connectivity index (χ4v) is 3.00. The van der Waals surface area contributed by atoms with Crippen LogP contribution in [0.5, 0.6) is 0 Å². The molecule has 1 aromatic rings. The van der Waals surface area contributed by atoms with E-state index < -0.39 is 10.0 Å². The van der Waals surface area contributed by atoms with Crippen LogP contribution in [0, 0.1) is 5.92 Å². The number of sulfonamides is 1. The van der Waals surface area contributed by atoms with Crippen LogP contribution in [0.4, 0.5) is 0 Å². The molecule has 7 nitrogen and oxygen atoms in total. The van der Waals surface area contributed by atoms with E-state index in [0.29, 0.717) is 25.3 Å². The van der Waals surface area contributed by atoms with E-state index in [1.807, 2.05) is 0 Å². The zero-order valence-corrected chi connectivity index (χ0v) is 10.6. The van der Waals surface area contributed by atoms with Crippen molar-refractivity contribution in [2.24, 2.45) is 11.1 Å². The Morgan fingerprint density at radius 3 is 2.94 bits per heavy atom. The molecule has 1 saturated heterocycles. The largest absolute Gasteiger partial charge is 0.448 e. The second-order valence-electron chi connectivity index (χ2n) is 4.46. The molecule has 1 amide bonds. The van der Waals surface area contributed by atoms with Crippen LogP contribution >= 0.6 is 0 Å². The summed E-state index contributed by atoms with van der Waals surface area (Å²) in [7, 11) is -3.52. The minimum Gasteiger partial charge on any atom is -0.448 e. The van der Waals surface area contributed by atoms with E-state index in [1.54, 1.807) is 11.1 Å². The molecule has 1 aliphatic heterocycles. The lowest BCUT2D eigenvalue weighted by molar-refractivity contribution is -0.127. The minimum atomic E-state index is -3.52. The van der Waals surface area contributed by atoms with Gasteiger partial charge in [-0.2, -0.15) is 0 Å². The summed E-state index contributed by atoms with van der Waals surface area (Å²) in [5.41, 5.74) is 0. The van der Waals surface area contributed by atoms with Crippen LogP contribution in [0.25, 0.3) is 0 Å². The predicted octanol–water partition coefficient (Wildman–Crippen LogP) is -0.646. The summed E-state index contributed by atoms with van der Waals surface area (Å²) in [6.07, 6.45) is 3.76. The van der Waals surface area contributed by atoms with Gasteiger partial charge in [0.25, 0.3) is 0 Å². The van der Waals surface area contributed by atoms with Gasteiger partial charge < -0.3 is 9.32 Å². The third-order valence-corrected chi connectivity index (χ3v) is 3.81. The van der Waals surface area contributed by atoms with Gasteiger partial charge >= 0.3 is 0 Å². The van der Waals surface area contributed by atoms with Crippen molar-refractivity contribution in [3.8, 4) is 0 Å². The molecule has 0 radical (unpaired) electrons. The Morgan fingerprint density at radius 2 is 2.33 bits per heavy atom. The van der Waals surface area contributed by atoms with Crippen molar-refractivity contribution in [2.45, 2.75) is 12.8 Å². The Morgan fingerprint density at radius 1 is 1.56 bits per heavy atom. The van der Waals surface area contributed by atoms with Crippen molar-refractivity contribution in [1.29, 1.82) is 0 Å². The van der Waals surface area contributed by atoms with E-state index in [-0.39, 0.29) is 24.0 Å². The van der Waals surface area contributed by atoms with E-state index in [0.717, 1.165) is 0 Å². The average Bonchev–Trinajstić information content (AvgIpc) is 2.83. The van der Waals surface area contributed by atoms with Gasteiger partial charge in [0.15, 0.2) is 6.39 Å². The monoisotopic (exact) mass is 273 g/mol. The Kier molecular flexibility index (Phi) is 3.67. The van der Waals surface area contributed by atoms with E-state index >= 15 is 0 Å². The lowest BCUT2D eigenvalue weighted by Gasteiger charge is -2.15. The highest BCUT2D eigenvalue weighted by molar-refractivity contribution is 7.89. The number of hydrogen-bond donors (Lipinski definition) is 1. The van der Waals surface area contributed by atoms with Gasteiger partial charge in [0.05, 0.1) is 11.9 Å². The maximum Gasteiger partial charge on any atom is 0.222 e. The summed E-state index contributed by atoms with van der Waals surface area (Å²) >= 11 is 0. The smallest absolute Gasteiger partial charge is 0.222 e. The lowest BCUT2D eigenvalue weighted by atomic mass is 10.1. The topological polar surface area (TPSA) is 106 Å². The van der Waals surface area contributed by atoms with Gasteiger partial charge in [-0.25, -0.2) is 18.5 Å². The van der Waals surface area contributed by atoms with Crippen LogP contribution in [-0.2, 0) is 21.2 Å². The summed E-state index contributed by atoms with van der Waals surface area (Å²) in [4.78, 5) is 17.1. The Balaban J connectivity index is 1.86. The molecule has 1 unspecified atom stereocenters. The molecule has 2 N–H and O–H groups in total. The molecule has 1 aromatic heterocycles. The number of primary sulfonamides is 1. The molecule has 2 rings (SSSR count). The van der Waals surface area contributed by atoms with Crippen LogP contribution in [0.15, 0.2) is 17.0 Å². The normalized spacial score (nSPS) is 20.6. The van der Waals surface area contributed by atoms with E-state index in [1.165, 1.54) is 6.39 Å². The lowest BCUT2D eigenvalue weighted by Crippen LogP contribution is -2.29. The minimum absolute atomic E-state index is 0.0387. The number of carbonyl (C=O) groups excluding carboxylic acids is 1. The van der Waals surface area contributed by atoms with Gasteiger partial charge in [0.2, 0.25) is 15.9 Å². The molecule has 0 bridgehead atoms. The molecule has 0 aliphatic carbocycles. The quantitative estimate of drug-likeness (QED) is 0.767. The molecule has 100 valence electrons. The molecular formula is C10H15N3O4S. The van der Waals surface area contributed by atoms with Gasteiger partial charge in [-0.1, -0.05) is 0 Å². The number of likely N-dealkylation sites (tertiary alicyclic amines) is 1. The molecule has 0 aromatic carbocycles. The average molecular weight is 273 g/mol. The number of nitrogens with two attached hydrogens (primary N) is 1. The summed E-state index contributed by atoms with van der Waals surface area (Å²) in [5, 5.41) is 4.98. The molecule has 2 heterocycles. The van der Waals surface area contributed by atoms with Crippen molar-refractivity contribution in [2.75, 3.05) is 18.8 Å². The zero-order chi connectivity index (χ0) is 13.2. The molecular weight excluding hydrogens is 258 g/mol. The Hall–Kier alpha value is -1.41. The van der Waals surface area contributed by atoms with Gasteiger partial charge in [-0.05, 0) is 0 Å². The van der Waals surface area contributed by atoms with Gasteiger partial charge in [0, 0.05) is 31.8 Å². The highest BCUT2D eigenvalue weighted by Gasteiger charge is 2.31. The second-order valence-corrected chi connectivity index (χ2v) is 6.12. The number of oxazole rings is 1. The maximum atomic E-state index is 11.7. The van der Waals surface area contributed by atoms with E-state index in [2.05, 4.69) is 4.98 Å². The highest BCUT2D eigenvalue weighted by atomic mass is 32.2. The van der Waals surface area contributed by atoms with Crippen molar-refractivity contribution in [3.63, 3.8) is 0 Å². The number of rotatable bonds is 5. The van der Waals surface area contributed by atoms with Crippen LogP contribution < -0.4 is 5.14 Å². The number of amides is 1. The summed E-state index contributed by atoms with van der Waals surface area (Å²) < 4.78 is 27.0. The highest BCUT2D eigenvalue weighted by Crippen LogP contribution is 2.19. The molecule has 8 heteroatoms. The van der Waals surface area contributed by atoms with Crippen molar-refractivity contribution < 1.29 is 17.6 Å². The van der Waals surface area contributed by atoms with Crippen molar-refractivity contribution in [3.05, 3.63) is 18.4 Å². The van der Waals surface area contributed by atoms with Gasteiger partial charge in [-0.15, -0.1) is 0 Å². The van der Waals surface area contributed by atoms with Crippen LogP contribution in [0.1, 0.15) is 12.2 Å². The molecule has 0 spiro atoms. The molecule has 18 heavy (non-hydrogen) atoms. The van der Waals surface area contributed by atoms with Gasteiger partial charge in [-0.3, -0.25) is 4.79 Å². The maximum absolute atomic E-state index is 11.7. The number of hydrogen-bond acceptors (Lipinski definition) is 5.